The number of nitro groups is 1. The van der Waals surface area contributed by atoms with Crippen LogP contribution in [0.3, 0.4) is 0 Å². The predicted molar refractivity (Wildman–Crippen MR) is 92.5 cm³/mol. The van der Waals surface area contributed by atoms with Crippen molar-refractivity contribution in [2.24, 2.45) is 0 Å². The zero-order chi connectivity index (χ0) is 18.5. The molecule has 26 heavy (non-hydrogen) atoms. The number of non-ortho nitro benzene ring substituents is 1. The third kappa shape index (κ3) is 3.92. The molecule has 0 unspecified atom stereocenters. The van der Waals surface area contributed by atoms with Gasteiger partial charge >= 0.3 is 5.97 Å². The van der Waals surface area contributed by atoms with Gasteiger partial charge in [-0.15, -0.1) is 5.10 Å². The topological polar surface area (TPSA) is 100 Å². The Morgan fingerprint density at radius 1 is 1.12 bits per heavy atom. The average Bonchev–Trinajstić information content (AvgIpc) is 3.01. The molecule has 8 nitrogen and oxygen atoms in total. The van der Waals surface area contributed by atoms with E-state index in [0.29, 0.717) is 12.2 Å². The summed E-state index contributed by atoms with van der Waals surface area (Å²) in [6.07, 6.45) is 0. The molecule has 3 aromatic rings. The first-order valence-electron chi connectivity index (χ1n) is 7.89. The number of carbonyl (C=O) groups is 1. The standard InChI is InChI=1S/C18H16N4O4/c1-13-17(18(23)26-12-15-5-3-2-4-6-15)19-20-21(13)11-14-7-9-16(10-8-14)22(24)25/h2-10H,11-12H2,1H3. The summed E-state index contributed by atoms with van der Waals surface area (Å²) in [5.74, 6) is -0.540. The normalized spacial score (nSPS) is 10.5. The average molecular weight is 352 g/mol. The summed E-state index contributed by atoms with van der Waals surface area (Å²) in [6, 6.07) is 15.5. The van der Waals surface area contributed by atoms with Crippen LogP contribution in [0.5, 0.6) is 0 Å². The van der Waals surface area contributed by atoms with Crippen molar-refractivity contribution in [3.05, 3.63) is 87.2 Å². The van der Waals surface area contributed by atoms with Gasteiger partial charge in [-0.05, 0) is 18.1 Å². The van der Waals surface area contributed by atoms with Crippen LogP contribution in [0.2, 0.25) is 0 Å². The number of carbonyl (C=O) groups excluding carboxylic acids is 1. The predicted octanol–water partition coefficient (Wildman–Crippen LogP) is 2.90. The van der Waals surface area contributed by atoms with Crippen molar-refractivity contribution in [2.75, 3.05) is 0 Å². The molecule has 8 heteroatoms. The summed E-state index contributed by atoms with van der Waals surface area (Å²) in [7, 11) is 0. The Morgan fingerprint density at radius 3 is 2.46 bits per heavy atom. The van der Waals surface area contributed by atoms with Gasteiger partial charge in [-0.25, -0.2) is 9.48 Å². The second-order valence-electron chi connectivity index (χ2n) is 5.67. The number of nitrogens with zero attached hydrogens (tertiary/aromatic N) is 4. The minimum atomic E-state index is -0.540. The monoisotopic (exact) mass is 352 g/mol. The molecule has 1 heterocycles. The fraction of sp³-hybridized carbons (Fsp3) is 0.167. The molecule has 0 spiro atoms. The number of nitro benzene ring substituents is 1. The van der Waals surface area contributed by atoms with Gasteiger partial charge in [-0.1, -0.05) is 47.7 Å². The molecular formula is C18H16N4O4. The molecule has 0 bridgehead atoms. The largest absolute Gasteiger partial charge is 0.456 e. The van der Waals surface area contributed by atoms with Crippen molar-refractivity contribution in [3.63, 3.8) is 0 Å². The molecule has 2 aromatic carbocycles. The van der Waals surface area contributed by atoms with Crippen LogP contribution in [-0.2, 0) is 17.9 Å². The number of ether oxygens (including phenoxy) is 1. The van der Waals surface area contributed by atoms with Gasteiger partial charge in [0.1, 0.15) is 6.61 Å². The summed E-state index contributed by atoms with van der Waals surface area (Å²) in [5, 5.41) is 18.6. The van der Waals surface area contributed by atoms with Crippen LogP contribution in [-0.4, -0.2) is 25.9 Å². The lowest BCUT2D eigenvalue weighted by Crippen LogP contribution is -2.09. The second kappa shape index (κ2) is 7.56. The Morgan fingerprint density at radius 2 is 1.81 bits per heavy atom. The van der Waals surface area contributed by atoms with Gasteiger partial charge in [0.15, 0.2) is 5.69 Å². The lowest BCUT2D eigenvalue weighted by atomic mass is 10.2. The molecule has 0 saturated carbocycles. The minimum absolute atomic E-state index is 0.0224. The summed E-state index contributed by atoms with van der Waals surface area (Å²) in [4.78, 5) is 22.5. The highest BCUT2D eigenvalue weighted by Crippen LogP contribution is 2.14. The smallest absolute Gasteiger partial charge is 0.361 e. The van der Waals surface area contributed by atoms with Crippen molar-refractivity contribution in [1.29, 1.82) is 0 Å². The quantitative estimate of drug-likeness (QED) is 0.384. The van der Waals surface area contributed by atoms with Gasteiger partial charge in [0, 0.05) is 12.1 Å². The fourth-order valence-electron chi connectivity index (χ4n) is 2.39. The van der Waals surface area contributed by atoms with Crippen LogP contribution in [0.25, 0.3) is 0 Å². The Kier molecular flexibility index (Phi) is 5.02. The molecule has 1 aromatic heterocycles. The third-order valence-electron chi connectivity index (χ3n) is 3.87. The molecule has 0 aliphatic heterocycles. The highest BCUT2D eigenvalue weighted by Gasteiger charge is 2.18. The van der Waals surface area contributed by atoms with Gasteiger partial charge in [0.2, 0.25) is 0 Å². The Labute approximate surface area is 149 Å². The molecule has 0 amide bonds. The van der Waals surface area contributed by atoms with E-state index >= 15 is 0 Å². The number of aromatic nitrogens is 3. The fourth-order valence-corrected chi connectivity index (χ4v) is 2.39. The van der Waals surface area contributed by atoms with Crippen molar-refractivity contribution < 1.29 is 14.5 Å². The molecule has 0 aliphatic rings. The van der Waals surface area contributed by atoms with Gasteiger partial charge in [0.25, 0.3) is 5.69 Å². The van der Waals surface area contributed by atoms with Crippen LogP contribution < -0.4 is 0 Å². The van der Waals surface area contributed by atoms with E-state index in [9.17, 15) is 14.9 Å². The van der Waals surface area contributed by atoms with Crippen LogP contribution in [0.1, 0.15) is 27.3 Å². The summed E-state index contributed by atoms with van der Waals surface area (Å²) < 4.78 is 6.83. The molecule has 0 N–H and O–H groups in total. The number of hydrogen-bond acceptors (Lipinski definition) is 6. The molecule has 0 atom stereocenters. The minimum Gasteiger partial charge on any atom is -0.456 e. The molecule has 0 fully saturated rings. The number of hydrogen-bond donors (Lipinski definition) is 0. The van der Waals surface area contributed by atoms with E-state index in [-0.39, 0.29) is 18.0 Å². The SMILES string of the molecule is Cc1c(C(=O)OCc2ccccc2)nnn1Cc1ccc([N+](=O)[O-])cc1. The van der Waals surface area contributed by atoms with Gasteiger partial charge in [-0.3, -0.25) is 10.1 Å². The summed E-state index contributed by atoms with van der Waals surface area (Å²) in [5.41, 5.74) is 2.45. The van der Waals surface area contributed by atoms with E-state index in [2.05, 4.69) is 10.3 Å². The highest BCUT2D eigenvalue weighted by molar-refractivity contribution is 5.88. The third-order valence-corrected chi connectivity index (χ3v) is 3.87. The van der Waals surface area contributed by atoms with Crippen LogP contribution >= 0.6 is 0 Å². The first kappa shape index (κ1) is 17.3. The van der Waals surface area contributed by atoms with Crippen molar-refractivity contribution in [1.82, 2.24) is 15.0 Å². The Bertz CT molecular complexity index is 920. The van der Waals surface area contributed by atoms with E-state index in [1.54, 1.807) is 23.7 Å². The maximum atomic E-state index is 12.2. The zero-order valence-corrected chi connectivity index (χ0v) is 14.0. The van der Waals surface area contributed by atoms with Crippen LogP contribution in [0.4, 0.5) is 5.69 Å². The van der Waals surface area contributed by atoms with Crippen LogP contribution in [0.15, 0.2) is 54.6 Å². The van der Waals surface area contributed by atoms with E-state index in [0.717, 1.165) is 11.1 Å². The molecule has 3 rings (SSSR count). The number of esters is 1. The number of rotatable bonds is 6. The summed E-state index contributed by atoms with van der Waals surface area (Å²) in [6.45, 7) is 2.24. The lowest BCUT2D eigenvalue weighted by Gasteiger charge is -2.05. The Hall–Kier alpha value is -3.55. The second-order valence-corrected chi connectivity index (χ2v) is 5.67. The van der Waals surface area contributed by atoms with E-state index in [1.165, 1.54) is 12.1 Å². The highest BCUT2D eigenvalue weighted by atomic mass is 16.6. The van der Waals surface area contributed by atoms with E-state index in [4.69, 9.17) is 4.74 Å². The number of benzene rings is 2. The van der Waals surface area contributed by atoms with Crippen LogP contribution in [0, 0.1) is 17.0 Å². The van der Waals surface area contributed by atoms with Gasteiger partial charge < -0.3 is 4.74 Å². The van der Waals surface area contributed by atoms with Crippen molar-refractivity contribution in [2.45, 2.75) is 20.1 Å². The maximum absolute atomic E-state index is 12.2. The Balaban J connectivity index is 1.67. The van der Waals surface area contributed by atoms with Gasteiger partial charge in [-0.2, -0.15) is 0 Å². The van der Waals surface area contributed by atoms with Crippen molar-refractivity contribution in [3.8, 4) is 0 Å². The van der Waals surface area contributed by atoms with E-state index < -0.39 is 10.9 Å². The zero-order valence-electron chi connectivity index (χ0n) is 14.0. The van der Waals surface area contributed by atoms with Gasteiger partial charge in [0.05, 0.1) is 17.2 Å². The maximum Gasteiger partial charge on any atom is 0.361 e. The summed E-state index contributed by atoms with van der Waals surface area (Å²) >= 11 is 0. The molecule has 0 radical (unpaired) electrons. The lowest BCUT2D eigenvalue weighted by molar-refractivity contribution is -0.384. The first-order valence-corrected chi connectivity index (χ1v) is 7.89. The van der Waals surface area contributed by atoms with E-state index in [1.807, 2.05) is 30.3 Å². The molecule has 0 saturated heterocycles. The molecule has 0 aliphatic carbocycles. The van der Waals surface area contributed by atoms with Crippen molar-refractivity contribution >= 4 is 11.7 Å². The molecular weight excluding hydrogens is 336 g/mol. The molecule has 132 valence electrons. The first-order chi connectivity index (χ1) is 12.5.